The molecule has 0 amide bonds. The van der Waals surface area contributed by atoms with Crippen molar-refractivity contribution in [2.45, 2.75) is 26.1 Å². The molecule has 0 aromatic carbocycles. The fraction of sp³-hybridized carbons (Fsp3) is 0.571. The molecule has 0 fully saturated rings. The van der Waals surface area contributed by atoms with Gasteiger partial charge in [-0.25, -0.2) is 9.37 Å². The SMILES string of the molecule is CC(N)Cc1cnc(CF)o1. The van der Waals surface area contributed by atoms with Crippen LogP contribution in [0.25, 0.3) is 0 Å². The van der Waals surface area contributed by atoms with Crippen LogP contribution in [0.2, 0.25) is 0 Å². The average Bonchev–Trinajstić information content (AvgIpc) is 2.34. The number of hydrogen-bond donors (Lipinski definition) is 1. The highest BCUT2D eigenvalue weighted by atomic mass is 19.1. The molecule has 62 valence electrons. The number of oxazole rings is 1. The lowest BCUT2D eigenvalue weighted by Crippen LogP contribution is -2.17. The second-order valence-electron chi connectivity index (χ2n) is 2.54. The van der Waals surface area contributed by atoms with Crippen LogP contribution < -0.4 is 5.73 Å². The van der Waals surface area contributed by atoms with Crippen LogP contribution in [0.1, 0.15) is 18.6 Å². The zero-order chi connectivity index (χ0) is 8.27. The second-order valence-corrected chi connectivity index (χ2v) is 2.54. The number of hydrogen-bond acceptors (Lipinski definition) is 3. The molecule has 0 saturated carbocycles. The minimum absolute atomic E-state index is 0.0235. The Labute approximate surface area is 64.4 Å². The van der Waals surface area contributed by atoms with Gasteiger partial charge in [-0.15, -0.1) is 0 Å². The molecule has 1 aromatic rings. The molecule has 1 unspecified atom stereocenters. The molecular weight excluding hydrogens is 147 g/mol. The predicted octanol–water partition coefficient (Wildman–Crippen LogP) is 1.03. The molecule has 0 spiro atoms. The van der Waals surface area contributed by atoms with Crippen LogP contribution in [0.4, 0.5) is 4.39 Å². The van der Waals surface area contributed by atoms with E-state index >= 15 is 0 Å². The van der Waals surface area contributed by atoms with Gasteiger partial charge >= 0.3 is 0 Å². The van der Waals surface area contributed by atoms with Gasteiger partial charge in [-0.2, -0.15) is 0 Å². The Bertz CT molecular complexity index is 222. The number of aromatic nitrogens is 1. The van der Waals surface area contributed by atoms with Crippen LogP contribution in [0.15, 0.2) is 10.6 Å². The van der Waals surface area contributed by atoms with Gasteiger partial charge in [0.05, 0.1) is 6.20 Å². The van der Waals surface area contributed by atoms with Crippen molar-refractivity contribution in [2.75, 3.05) is 0 Å². The van der Waals surface area contributed by atoms with Gasteiger partial charge < -0.3 is 10.2 Å². The van der Waals surface area contributed by atoms with Crippen LogP contribution >= 0.6 is 0 Å². The quantitative estimate of drug-likeness (QED) is 0.714. The van der Waals surface area contributed by atoms with Crippen LogP contribution in [-0.4, -0.2) is 11.0 Å². The van der Waals surface area contributed by atoms with E-state index < -0.39 is 6.67 Å². The highest BCUT2D eigenvalue weighted by Gasteiger charge is 2.04. The summed E-state index contributed by atoms with van der Waals surface area (Å²) >= 11 is 0. The number of rotatable bonds is 3. The van der Waals surface area contributed by atoms with E-state index in [0.717, 1.165) is 0 Å². The summed E-state index contributed by atoms with van der Waals surface area (Å²) < 4.78 is 16.9. The summed E-state index contributed by atoms with van der Waals surface area (Å²) in [6, 6.07) is 0.0235. The van der Waals surface area contributed by atoms with Crippen LogP contribution in [-0.2, 0) is 13.1 Å². The van der Waals surface area contributed by atoms with E-state index in [1.54, 1.807) is 0 Å². The number of nitrogens with two attached hydrogens (primary N) is 1. The molecule has 0 aliphatic heterocycles. The van der Waals surface area contributed by atoms with Crippen LogP contribution in [0, 0.1) is 0 Å². The van der Waals surface area contributed by atoms with Crippen molar-refractivity contribution < 1.29 is 8.81 Å². The summed E-state index contributed by atoms with van der Waals surface area (Å²) in [6.45, 7) is 1.20. The molecule has 1 rings (SSSR count). The van der Waals surface area contributed by atoms with E-state index in [1.807, 2.05) is 6.92 Å². The first-order valence-electron chi connectivity index (χ1n) is 3.47. The van der Waals surface area contributed by atoms with Gasteiger partial charge in [0.2, 0.25) is 5.89 Å². The van der Waals surface area contributed by atoms with Crippen molar-refractivity contribution in [2.24, 2.45) is 5.73 Å². The number of alkyl halides is 1. The normalized spacial score (nSPS) is 13.4. The number of nitrogens with zero attached hydrogens (tertiary/aromatic N) is 1. The van der Waals surface area contributed by atoms with Crippen molar-refractivity contribution in [3.8, 4) is 0 Å². The Morgan fingerprint density at radius 2 is 2.55 bits per heavy atom. The molecule has 4 heteroatoms. The lowest BCUT2D eigenvalue weighted by Gasteiger charge is -1.98. The van der Waals surface area contributed by atoms with Gasteiger partial charge in [0.25, 0.3) is 0 Å². The molecule has 11 heavy (non-hydrogen) atoms. The lowest BCUT2D eigenvalue weighted by atomic mass is 10.2. The largest absolute Gasteiger partial charge is 0.443 e. The Kier molecular flexibility index (Phi) is 2.59. The first kappa shape index (κ1) is 8.20. The standard InChI is InChI=1S/C7H11FN2O/c1-5(9)2-6-4-10-7(3-8)11-6/h4-5H,2-3,9H2,1H3. The molecule has 0 radical (unpaired) electrons. The zero-order valence-corrected chi connectivity index (χ0v) is 6.38. The molecule has 0 bridgehead atoms. The topological polar surface area (TPSA) is 52.0 Å². The summed E-state index contributed by atoms with van der Waals surface area (Å²) in [5, 5.41) is 0. The molecule has 1 atom stereocenters. The Balaban J connectivity index is 2.58. The second kappa shape index (κ2) is 3.48. The summed E-state index contributed by atoms with van der Waals surface area (Å²) in [5.74, 6) is 0.772. The molecular formula is C7H11FN2O. The third-order valence-corrected chi connectivity index (χ3v) is 1.24. The number of halogens is 1. The molecule has 0 aliphatic rings. The average molecular weight is 158 g/mol. The molecule has 1 heterocycles. The minimum atomic E-state index is -0.654. The summed E-state index contributed by atoms with van der Waals surface area (Å²) in [7, 11) is 0. The molecule has 0 saturated heterocycles. The lowest BCUT2D eigenvalue weighted by molar-refractivity contribution is 0.363. The third kappa shape index (κ3) is 2.31. The van der Waals surface area contributed by atoms with E-state index in [1.165, 1.54) is 6.20 Å². The van der Waals surface area contributed by atoms with E-state index in [2.05, 4.69) is 4.98 Å². The molecule has 2 N–H and O–H groups in total. The van der Waals surface area contributed by atoms with Crippen LogP contribution in [0.5, 0.6) is 0 Å². The van der Waals surface area contributed by atoms with Crippen molar-refractivity contribution in [3.63, 3.8) is 0 Å². The monoisotopic (exact) mass is 158 g/mol. The van der Waals surface area contributed by atoms with E-state index in [4.69, 9.17) is 10.2 Å². The van der Waals surface area contributed by atoms with Crippen molar-refractivity contribution in [1.82, 2.24) is 4.98 Å². The maximum absolute atomic E-state index is 11.9. The molecule has 0 aliphatic carbocycles. The highest BCUT2D eigenvalue weighted by molar-refractivity contribution is 4.95. The van der Waals surface area contributed by atoms with Crippen molar-refractivity contribution in [3.05, 3.63) is 17.8 Å². The van der Waals surface area contributed by atoms with E-state index in [9.17, 15) is 4.39 Å². The summed E-state index contributed by atoms with van der Waals surface area (Å²) in [5.41, 5.74) is 5.49. The van der Waals surface area contributed by atoms with Gasteiger partial charge in [-0.1, -0.05) is 0 Å². The van der Waals surface area contributed by atoms with Crippen molar-refractivity contribution in [1.29, 1.82) is 0 Å². The van der Waals surface area contributed by atoms with Gasteiger partial charge in [0.15, 0.2) is 6.67 Å². The third-order valence-electron chi connectivity index (χ3n) is 1.24. The van der Waals surface area contributed by atoms with E-state index in [-0.39, 0.29) is 11.9 Å². The van der Waals surface area contributed by atoms with Gasteiger partial charge in [0.1, 0.15) is 5.76 Å². The smallest absolute Gasteiger partial charge is 0.225 e. The summed E-state index contributed by atoms with van der Waals surface area (Å²) in [4.78, 5) is 3.69. The minimum Gasteiger partial charge on any atom is -0.443 e. The molecule has 3 nitrogen and oxygen atoms in total. The predicted molar refractivity (Wildman–Crippen MR) is 38.7 cm³/mol. The fourth-order valence-corrected chi connectivity index (χ4v) is 0.822. The van der Waals surface area contributed by atoms with Crippen LogP contribution in [0.3, 0.4) is 0 Å². The van der Waals surface area contributed by atoms with Gasteiger partial charge in [-0.3, -0.25) is 0 Å². The first-order valence-corrected chi connectivity index (χ1v) is 3.47. The Morgan fingerprint density at radius 3 is 3.00 bits per heavy atom. The Hall–Kier alpha value is -0.900. The summed E-state index contributed by atoms with van der Waals surface area (Å²) in [6.07, 6.45) is 2.12. The maximum Gasteiger partial charge on any atom is 0.225 e. The first-order chi connectivity index (χ1) is 5.22. The molecule has 1 aromatic heterocycles. The van der Waals surface area contributed by atoms with E-state index in [0.29, 0.717) is 12.2 Å². The Morgan fingerprint density at radius 1 is 1.82 bits per heavy atom. The van der Waals surface area contributed by atoms with Crippen molar-refractivity contribution >= 4 is 0 Å². The zero-order valence-electron chi connectivity index (χ0n) is 6.38. The van der Waals surface area contributed by atoms with Gasteiger partial charge in [-0.05, 0) is 6.92 Å². The van der Waals surface area contributed by atoms with Gasteiger partial charge in [0, 0.05) is 12.5 Å². The maximum atomic E-state index is 11.9. The fourth-order valence-electron chi connectivity index (χ4n) is 0.822. The highest BCUT2D eigenvalue weighted by Crippen LogP contribution is 2.06.